The number of aliphatic carboxylic acids is 1. The summed E-state index contributed by atoms with van der Waals surface area (Å²) in [7, 11) is -3.58. The molecule has 0 radical (unpaired) electrons. The Morgan fingerprint density at radius 3 is 2.62 bits per heavy atom. The maximum absolute atomic E-state index is 13.0. The van der Waals surface area contributed by atoms with E-state index < -0.39 is 22.2 Å². The molecule has 0 amide bonds. The number of hydrogen-bond acceptors (Lipinski definition) is 7. The number of fused-ring (bicyclic) bond motifs is 1. The number of hydrogen-bond donors (Lipinski definition) is 1. The Morgan fingerprint density at radius 2 is 2.00 bits per heavy atom. The van der Waals surface area contributed by atoms with Gasteiger partial charge in [0.05, 0.1) is 11.1 Å². The first-order valence-corrected chi connectivity index (χ1v) is 11.3. The summed E-state index contributed by atoms with van der Waals surface area (Å²) in [5.41, 5.74) is 2.30. The minimum Gasteiger partial charge on any atom is -0.486 e. The Labute approximate surface area is 192 Å². The number of carbonyl (C=O) groups is 1. The van der Waals surface area contributed by atoms with Gasteiger partial charge in [-0.25, -0.2) is 13.2 Å². The zero-order valence-electron chi connectivity index (χ0n) is 17.8. The van der Waals surface area contributed by atoms with Crippen LogP contribution in [0.15, 0.2) is 58.2 Å². The van der Waals surface area contributed by atoms with Gasteiger partial charge in [0.15, 0.2) is 0 Å². The Balaban J connectivity index is 0.000000406. The van der Waals surface area contributed by atoms with Gasteiger partial charge in [-0.05, 0) is 36.8 Å². The van der Waals surface area contributed by atoms with Crippen molar-refractivity contribution in [2.75, 3.05) is 6.54 Å². The molecule has 0 spiro atoms. The molecular weight excluding hydrogens is 479 g/mol. The molecule has 0 fully saturated rings. The molecule has 9 nitrogen and oxygen atoms in total. The van der Waals surface area contributed by atoms with Gasteiger partial charge < -0.3 is 14.4 Å². The van der Waals surface area contributed by atoms with Crippen molar-refractivity contribution in [1.29, 1.82) is 0 Å². The highest BCUT2D eigenvalue weighted by molar-refractivity contribution is 7.89. The number of aryl methyl sites for hydroxylation is 1. The summed E-state index contributed by atoms with van der Waals surface area (Å²) in [5, 5.41) is 11.2. The molecule has 0 saturated heterocycles. The lowest BCUT2D eigenvalue weighted by Gasteiger charge is -2.25. The molecule has 3 aromatic rings. The number of rotatable bonds is 5. The zero-order chi connectivity index (χ0) is 24.9. The third-order valence-electron chi connectivity index (χ3n) is 4.75. The summed E-state index contributed by atoms with van der Waals surface area (Å²) >= 11 is 0. The van der Waals surface area contributed by atoms with Crippen LogP contribution in [-0.4, -0.2) is 46.7 Å². The largest absolute Gasteiger partial charge is 0.490 e. The van der Waals surface area contributed by atoms with E-state index in [-0.39, 0.29) is 13.2 Å². The summed E-state index contributed by atoms with van der Waals surface area (Å²) in [6, 6.07) is 10.5. The Morgan fingerprint density at radius 1 is 1.26 bits per heavy atom. The van der Waals surface area contributed by atoms with Gasteiger partial charge in [-0.1, -0.05) is 17.3 Å². The minimum atomic E-state index is -5.08. The molecule has 1 aliphatic heterocycles. The van der Waals surface area contributed by atoms with Crippen LogP contribution in [0.3, 0.4) is 0 Å². The molecule has 0 bridgehead atoms. The maximum atomic E-state index is 13.0. The van der Waals surface area contributed by atoms with Crippen LogP contribution in [0.4, 0.5) is 13.2 Å². The number of benzene rings is 1. The highest BCUT2D eigenvalue weighted by Crippen LogP contribution is 2.28. The quantitative estimate of drug-likeness (QED) is 0.567. The second-order valence-corrected chi connectivity index (χ2v) is 9.15. The molecule has 0 saturated carbocycles. The number of pyridine rings is 1. The van der Waals surface area contributed by atoms with Crippen molar-refractivity contribution >= 4 is 16.0 Å². The number of alkyl halides is 3. The van der Waals surface area contributed by atoms with E-state index in [1.54, 1.807) is 42.7 Å². The summed E-state index contributed by atoms with van der Waals surface area (Å²) in [4.78, 5) is 13.2. The normalized spacial score (nSPS) is 14.0. The standard InChI is InChI=1S/C19H19N3O4S.C2HF3O2/c1-14-4-2-6-16(10-14)27(23,24)22-9-7-19-17(12-22)18(21-26-19)13-25-15-5-3-8-20-11-15;3-2(4,5)1(6)7/h2-6,8,10-11H,7,9,12-13H2,1H3;(H,6,7). The molecule has 3 heterocycles. The third-order valence-corrected chi connectivity index (χ3v) is 6.59. The molecule has 0 atom stereocenters. The second kappa shape index (κ2) is 10.2. The van der Waals surface area contributed by atoms with E-state index in [1.165, 1.54) is 4.31 Å². The van der Waals surface area contributed by atoms with Crippen molar-refractivity contribution in [3.63, 3.8) is 0 Å². The predicted octanol–water partition coefficient (Wildman–Crippen LogP) is 3.34. The fourth-order valence-electron chi connectivity index (χ4n) is 3.07. The first-order chi connectivity index (χ1) is 16.0. The summed E-state index contributed by atoms with van der Waals surface area (Å²) < 4.78 is 70.3. The maximum Gasteiger partial charge on any atom is 0.490 e. The zero-order valence-corrected chi connectivity index (χ0v) is 18.6. The topological polar surface area (TPSA) is 123 Å². The van der Waals surface area contributed by atoms with Gasteiger partial charge in [0.25, 0.3) is 0 Å². The van der Waals surface area contributed by atoms with Crippen LogP contribution in [0.1, 0.15) is 22.6 Å². The highest BCUT2D eigenvalue weighted by atomic mass is 32.2. The molecule has 4 rings (SSSR count). The van der Waals surface area contributed by atoms with Crippen molar-refractivity contribution in [1.82, 2.24) is 14.4 Å². The van der Waals surface area contributed by atoms with Crippen LogP contribution in [0.5, 0.6) is 5.75 Å². The molecule has 13 heteroatoms. The molecule has 2 aromatic heterocycles. The Bertz CT molecular complexity index is 1250. The van der Waals surface area contributed by atoms with Crippen LogP contribution in [0.2, 0.25) is 0 Å². The van der Waals surface area contributed by atoms with Gasteiger partial charge in [-0.3, -0.25) is 4.98 Å². The molecule has 1 aromatic carbocycles. The molecular formula is C21H20F3N3O6S. The van der Waals surface area contributed by atoms with E-state index in [0.717, 1.165) is 16.9 Å². The Kier molecular flexibility index (Phi) is 7.57. The minimum absolute atomic E-state index is 0.197. The van der Waals surface area contributed by atoms with Crippen molar-refractivity contribution in [3.05, 3.63) is 71.4 Å². The first kappa shape index (κ1) is 25.2. The second-order valence-electron chi connectivity index (χ2n) is 7.22. The number of halogens is 3. The van der Waals surface area contributed by atoms with Gasteiger partial charge in [0.1, 0.15) is 23.8 Å². The Hall–Kier alpha value is -3.45. The number of carboxylic acids is 1. The molecule has 182 valence electrons. The average molecular weight is 499 g/mol. The van der Waals surface area contributed by atoms with E-state index in [0.29, 0.717) is 29.3 Å². The number of aromatic nitrogens is 2. The lowest BCUT2D eigenvalue weighted by molar-refractivity contribution is -0.192. The predicted molar refractivity (Wildman–Crippen MR) is 111 cm³/mol. The van der Waals surface area contributed by atoms with E-state index in [9.17, 15) is 21.6 Å². The fraction of sp³-hybridized carbons (Fsp3) is 0.286. The SMILES string of the molecule is Cc1cccc(S(=O)(=O)N2CCc3onc(COc4cccnc4)c3C2)c1.O=C(O)C(F)(F)F. The molecule has 1 N–H and O–H groups in total. The van der Waals surface area contributed by atoms with Crippen molar-refractivity contribution < 1.29 is 40.8 Å². The van der Waals surface area contributed by atoms with Crippen LogP contribution in [0.25, 0.3) is 0 Å². The van der Waals surface area contributed by atoms with Crippen molar-refractivity contribution in [2.24, 2.45) is 0 Å². The number of carboxylic acid groups (broad SMARTS) is 1. The fourth-order valence-corrected chi connectivity index (χ4v) is 4.58. The number of sulfonamides is 1. The smallest absolute Gasteiger partial charge is 0.486 e. The van der Waals surface area contributed by atoms with Gasteiger partial charge in [-0.2, -0.15) is 17.5 Å². The van der Waals surface area contributed by atoms with Gasteiger partial charge in [-0.15, -0.1) is 0 Å². The van der Waals surface area contributed by atoms with E-state index in [1.807, 2.05) is 13.0 Å². The van der Waals surface area contributed by atoms with E-state index in [2.05, 4.69) is 10.1 Å². The molecule has 0 unspecified atom stereocenters. The lowest BCUT2D eigenvalue weighted by atomic mass is 10.1. The molecule has 34 heavy (non-hydrogen) atoms. The summed E-state index contributed by atoms with van der Waals surface area (Å²) in [6.07, 6.45) is -1.32. The van der Waals surface area contributed by atoms with Crippen molar-refractivity contribution in [2.45, 2.75) is 37.6 Å². The third kappa shape index (κ3) is 6.11. The van der Waals surface area contributed by atoms with Crippen LogP contribution < -0.4 is 4.74 Å². The van der Waals surface area contributed by atoms with Gasteiger partial charge >= 0.3 is 12.1 Å². The average Bonchev–Trinajstić information content (AvgIpc) is 3.20. The molecule has 0 aliphatic carbocycles. The summed E-state index contributed by atoms with van der Waals surface area (Å²) in [6.45, 7) is 2.66. The number of ether oxygens (including phenoxy) is 1. The molecule has 1 aliphatic rings. The summed E-state index contributed by atoms with van der Waals surface area (Å²) in [5.74, 6) is -1.42. The van der Waals surface area contributed by atoms with Crippen LogP contribution in [0, 0.1) is 6.92 Å². The van der Waals surface area contributed by atoms with Crippen LogP contribution >= 0.6 is 0 Å². The first-order valence-electron chi connectivity index (χ1n) is 9.84. The van der Waals surface area contributed by atoms with Gasteiger partial charge in [0.2, 0.25) is 10.0 Å². The van der Waals surface area contributed by atoms with E-state index in [4.69, 9.17) is 19.2 Å². The van der Waals surface area contributed by atoms with Crippen molar-refractivity contribution in [3.8, 4) is 5.75 Å². The highest BCUT2D eigenvalue weighted by Gasteiger charge is 2.38. The number of nitrogens with zero attached hydrogens (tertiary/aromatic N) is 3. The lowest BCUT2D eigenvalue weighted by Crippen LogP contribution is -2.36. The van der Waals surface area contributed by atoms with E-state index >= 15 is 0 Å². The van der Waals surface area contributed by atoms with Gasteiger partial charge in [0, 0.05) is 31.3 Å². The monoisotopic (exact) mass is 499 g/mol. The van der Waals surface area contributed by atoms with Crippen LogP contribution in [-0.2, 0) is 34.4 Å².